The van der Waals surface area contributed by atoms with E-state index in [-0.39, 0.29) is 36.5 Å². The van der Waals surface area contributed by atoms with Crippen molar-refractivity contribution in [1.29, 1.82) is 0 Å². The van der Waals surface area contributed by atoms with Crippen LogP contribution in [0.2, 0.25) is 0 Å². The van der Waals surface area contributed by atoms with Gasteiger partial charge >= 0.3 is 5.69 Å². The number of fused-ring (bicyclic) bond motifs is 2. The molecule has 7 rings (SSSR count). The Morgan fingerprint density at radius 2 is 1.56 bits per heavy atom. The summed E-state index contributed by atoms with van der Waals surface area (Å²) in [6.45, 7) is 0.347. The summed E-state index contributed by atoms with van der Waals surface area (Å²) < 4.78 is 3.07. The molecule has 3 saturated heterocycles. The normalized spacial score (nSPS) is 21.9. The Balaban J connectivity index is 0.936. The van der Waals surface area contributed by atoms with Crippen molar-refractivity contribution >= 4 is 46.5 Å². The molecule has 0 saturated carbocycles. The number of nitrogens with two attached hydrogens (primary N) is 2. The second-order valence-electron chi connectivity index (χ2n) is 16.9. The van der Waals surface area contributed by atoms with E-state index in [2.05, 4.69) is 16.0 Å². The van der Waals surface area contributed by atoms with Gasteiger partial charge in [0, 0.05) is 38.7 Å². The fourth-order valence-corrected chi connectivity index (χ4v) is 9.39. The number of aryl methyl sites for hydroxylation is 2. The molecule has 17 heteroatoms. The first-order valence-corrected chi connectivity index (χ1v) is 22.0. The van der Waals surface area contributed by atoms with E-state index < -0.39 is 60.1 Å². The number of nitrogens with zero attached hydrogens (tertiary/aromatic N) is 4. The van der Waals surface area contributed by atoms with Crippen LogP contribution in [0.25, 0.3) is 11.0 Å². The highest BCUT2D eigenvalue weighted by Gasteiger charge is 2.45. The van der Waals surface area contributed by atoms with Gasteiger partial charge in [-0.1, -0.05) is 79.2 Å². The maximum Gasteiger partial charge on any atom is 0.329 e. The Labute approximate surface area is 370 Å². The summed E-state index contributed by atoms with van der Waals surface area (Å²) in [6, 6.07) is 19.4. The molecule has 3 unspecified atom stereocenters. The van der Waals surface area contributed by atoms with Crippen molar-refractivity contribution < 1.29 is 33.9 Å². The number of nitrogens with one attached hydrogen (secondary N) is 3. The number of aliphatic hydroxyl groups excluding tert-OH is 1. The minimum Gasteiger partial charge on any atom is -0.374 e. The third-order valence-electron chi connectivity index (χ3n) is 12.6. The topological polar surface area (TPSA) is 244 Å². The summed E-state index contributed by atoms with van der Waals surface area (Å²) in [7, 11) is 1.69. The van der Waals surface area contributed by atoms with Gasteiger partial charge in [0.1, 0.15) is 30.4 Å². The molecule has 0 aliphatic carbocycles. The average Bonchev–Trinajstić information content (AvgIpc) is 3.82. The molecule has 17 nitrogen and oxygen atoms in total. The SMILES string of the molecule is Cn1c(=O)n(C2CCC(O)NC2=O)c2cccc(CCCCCC(=O)N3CCC4CC[C@@H](C(=O)N[C@@H](/C=C/C(N)=O)C(=O)NC(c5ccccc5)c5ccccc5)N4C(=O)[C@@H](N)C3)c21. The van der Waals surface area contributed by atoms with E-state index in [1.165, 1.54) is 15.5 Å². The Hall–Kier alpha value is -6.59. The molecule has 338 valence electrons. The number of hydrogen-bond donors (Lipinski definition) is 6. The van der Waals surface area contributed by atoms with Crippen LogP contribution >= 0.6 is 0 Å². The van der Waals surface area contributed by atoms with Crippen molar-refractivity contribution in [2.75, 3.05) is 13.1 Å². The van der Waals surface area contributed by atoms with Gasteiger partial charge in [0.25, 0.3) is 0 Å². The number of rotatable bonds is 15. The van der Waals surface area contributed by atoms with Crippen molar-refractivity contribution in [3.8, 4) is 0 Å². The monoisotopic (exact) mass is 875 g/mol. The number of para-hydroxylation sites is 1. The summed E-state index contributed by atoms with van der Waals surface area (Å²) in [5.41, 5.74) is 15.5. The van der Waals surface area contributed by atoms with E-state index in [0.717, 1.165) is 41.1 Å². The molecule has 0 spiro atoms. The highest BCUT2D eigenvalue weighted by molar-refractivity contribution is 5.96. The fraction of sp³-hybridized carbons (Fsp3) is 0.426. The maximum absolute atomic E-state index is 14.0. The standard InChI is InChI=1S/C47H57N9O8/c1-53-42-31(17-11-18-35(42)56(47(53)64)37-23-25-39(58)51-45(37)62)16-9-4-10-19-40(59)54-27-26-32-20-22-36(55(32)46(63)33(48)28-54)44(61)50-34(21-24-38(49)57)43(60)52-41(29-12-5-2-6-13-29)30-14-7-3-8-15-30/h2-3,5-8,11-15,17-18,21,24,32-34,36-37,39,41,58H,4,9-10,16,19-20,22-23,25-28,48H2,1H3,(H2,49,57)(H,50,61)(H,51,62)(H,52,60)/b24-21+/t32?,33-,34-,36-,37?,39?/m0/s1. The first-order chi connectivity index (χ1) is 30.8. The number of aliphatic hydroxyl groups is 1. The van der Waals surface area contributed by atoms with E-state index in [4.69, 9.17) is 11.5 Å². The predicted molar refractivity (Wildman–Crippen MR) is 238 cm³/mol. The lowest BCUT2D eigenvalue weighted by molar-refractivity contribution is -0.145. The van der Waals surface area contributed by atoms with Crippen LogP contribution in [0, 0.1) is 0 Å². The molecule has 3 aliphatic heterocycles. The van der Waals surface area contributed by atoms with E-state index in [1.807, 2.05) is 78.9 Å². The molecule has 3 aromatic carbocycles. The van der Waals surface area contributed by atoms with Gasteiger partial charge in [-0.05, 0) is 80.2 Å². The highest BCUT2D eigenvalue weighted by Crippen LogP contribution is 2.31. The van der Waals surface area contributed by atoms with Crippen molar-refractivity contribution in [3.63, 3.8) is 0 Å². The van der Waals surface area contributed by atoms with Gasteiger partial charge in [0.2, 0.25) is 35.4 Å². The first-order valence-electron chi connectivity index (χ1n) is 22.0. The van der Waals surface area contributed by atoms with Crippen LogP contribution in [0.1, 0.15) is 86.6 Å². The molecular weight excluding hydrogens is 819 g/mol. The Morgan fingerprint density at radius 1 is 0.859 bits per heavy atom. The molecule has 4 aromatic rings. The van der Waals surface area contributed by atoms with E-state index >= 15 is 0 Å². The summed E-state index contributed by atoms with van der Waals surface area (Å²) in [5.74, 6) is -2.92. The lowest BCUT2D eigenvalue weighted by atomic mass is 9.98. The van der Waals surface area contributed by atoms with Crippen LogP contribution in [-0.2, 0) is 42.2 Å². The summed E-state index contributed by atoms with van der Waals surface area (Å²) in [5, 5.41) is 18.1. The second kappa shape index (κ2) is 20.3. The van der Waals surface area contributed by atoms with Gasteiger partial charge in [-0.3, -0.25) is 37.9 Å². The third kappa shape index (κ3) is 10.1. The number of piperidine rings is 1. The molecule has 6 atom stereocenters. The molecule has 0 radical (unpaired) electrons. The van der Waals surface area contributed by atoms with Crippen LogP contribution in [0.4, 0.5) is 0 Å². The molecular formula is C47H57N9O8. The zero-order valence-electron chi connectivity index (χ0n) is 35.9. The van der Waals surface area contributed by atoms with E-state index in [0.29, 0.717) is 57.0 Å². The number of carbonyl (C=O) groups excluding carboxylic acids is 6. The summed E-state index contributed by atoms with van der Waals surface area (Å²) in [4.78, 5) is 96.3. The summed E-state index contributed by atoms with van der Waals surface area (Å²) >= 11 is 0. The van der Waals surface area contributed by atoms with Gasteiger partial charge in [-0.2, -0.15) is 0 Å². The molecule has 3 fully saturated rings. The molecule has 4 heterocycles. The minimum atomic E-state index is -1.29. The Kier molecular flexibility index (Phi) is 14.4. The number of carbonyl (C=O) groups is 6. The number of amides is 6. The second-order valence-corrected chi connectivity index (χ2v) is 16.9. The van der Waals surface area contributed by atoms with Crippen LogP contribution in [0.5, 0.6) is 0 Å². The van der Waals surface area contributed by atoms with Crippen LogP contribution in [0.3, 0.4) is 0 Å². The largest absolute Gasteiger partial charge is 0.374 e. The van der Waals surface area contributed by atoms with E-state index in [9.17, 15) is 38.7 Å². The van der Waals surface area contributed by atoms with Gasteiger partial charge in [0.05, 0.1) is 17.1 Å². The lowest BCUT2D eigenvalue weighted by Crippen LogP contribution is -2.60. The predicted octanol–water partition coefficient (Wildman–Crippen LogP) is 1.56. The number of aromatic nitrogens is 2. The Morgan fingerprint density at radius 3 is 2.23 bits per heavy atom. The van der Waals surface area contributed by atoms with E-state index in [1.54, 1.807) is 16.5 Å². The van der Waals surface area contributed by atoms with Gasteiger partial charge in [-0.15, -0.1) is 0 Å². The van der Waals surface area contributed by atoms with Crippen molar-refractivity contribution in [3.05, 3.63) is 118 Å². The quantitative estimate of drug-likeness (QED) is 0.0749. The Bertz CT molecular complexity index is 2410. The van der Waals surface area contributed by atoms with Crippen molar-refractivity contribution in [2.24, 2.45) is 18.5 Å². The number of primary amides is 1. The molecule has 6 amide bonds. The van der Waals surface area contributed by atoms with Crippen LogP contribution < -0.4 is 33.1 Å². The maximum atomic E-state index is 14.0. The number of benzene rings is 3. The number of imidazole rings is 1. The van der Waals surface area contributed by atoms with Gasteiger partial charge < -0.3 is 42.3 Å². The first kappa shape index (κ1) is 45.4. The van der Waals surface area contributed by atoms with Crippen LogP contribution in [0.15, 0.2) is 95.8 Å². The minimum absolute atomic E-state index is 0.00698. The lowest BCUT2D eigenvalue weighted by Gasteiger charge is -2.37. The summed E-state index contributed by atoms with van der Waals surface area (Å²) in [6.07, 6.45) is 6.30. The van der Waals surface area contributed by atoms with Crippen molar-refractivity contribution in [1.82, 2.24) is 34.9 Å². The molecule has 0 bridgehead atoms. The fourth-order valence-electron chi connectivity index (χ4n) is 9.39. The average molecular weight is 876 g/mol. The highest BCUT2D eigenvalue weighted by atomic mass is 16.3. The molecule has 64 heavy (non-hydrogen) atoms. The van der Waals surface area contributed by atoms with Gasteiger partial charge in [-0.25, -0.2) is 4.79 Å². The zero-order chi connectivity index (χ0) is 45.5. The van der Waals surface area contributed by atoms with Crippen molar-refractivity contribution in [2.45, 2.75) is 107 Å². The smallest absolute Gasteiger partial charge is 0.329 e. The molecule has 8 N–H and O–H groups in total. The molecule has 1 aromatic heterocycles. The number of unbranched alkanes of at least 4 members (excludes halogenated alkanes) is 2. The third-order valence-corrected chi connectivity index (χ3v) is 12.6. The zero-order valence-corrected chi connectivity index (χ0v) is 35.9. The van der Waals surface area contributed by atoms with Crippen LogP contribution in [-0.4, -0.2) is 103 Å². The number of hydrogen-bond acceptors (Lipinski definition) is 9. The van der Waals surface area contributed by atoms with Gasteiger partial charge in [0.15, 0.2) is 0 Å². The molecule has 3 aliphatic rings.